The zero-order valence-corrected chi connectivity index (χ0v) is 15.9. The predicted molar refractivity (Wildman–Crippen MR) is 102 cm³/mol. The number of hydrogen-bond donors (Lipinski definition) is 1. The second-order valence-electron chi connectivity index (χ2n) is 6.40. The Hall–Kier alpha value is -2.91. The number of carbonyl (C=O) groups is 1. The molecule has 26 heavy (non-hydrogen) atoms. The Bertz CT molecular complexity index is 991. The van der Waals surface area contributed by atoms with Crippen LogP contribution in [0, 0.1) is 25.2 Å². The number of rotatable bonds is 4. The van der Waals surface area contributed by atoms with Crippen LogP contribution in [-0.2, 0) is 0 Å². The average Bonchev–Trinajstić information content (AvgIpc) is 3.18. The lowest BCUT2D eigenvalue weighted by atomic mass is 9.97. The van der Waals surface area contributed by atoms with Crippen LogP contribution in [0.3, 0.4) is 0 Å². The number of nitrogens with one attached hydrogen (secondary N) is 1. The molecule has 0 bridgehead atoms. The summed E-state index contributed by atoms with van der Waals surface area (Å²) in [5.74, 6) is 0.620. The van der Waals surface area contributed by atoms with Gasteiger partial charge in [-0.25, -0.2) is 0 Å². The van der Waals surface area contributed by atoms with Crippen molar-refractivity contribution in [3.05, 3.63) is 57.8 Å². The van der Waals surface area contributed by atoms with Crippen molar-refractivity contribution in [3.8, 4) is 17.2 Å². The van der Waals surface area contributed by atoms with E-state index >= 15 is 0 Å². The Kier molecular flexibility index (Phi) is 4.92. The zero-order chi connectivity index (χ0) is 18.8. The van der Waals surface area contributed by atoms with Crippen LogP contribution in [0.25, 0.3) is 11.1 Å². The third-order valence-corrected chi connectivity index (χ3v) is 5.17. The third kappa shape index (κ3) is 3.39. The molecule has 0 spiro atoms. The summed E-state index contributed by atoms with van der Waals surface area (Å²) in [6.45, 7) is 7.96. The van der Waals surface area contributed by atoms with Crippen LogP contribution < -0.4 is 5.32 Å². The molecule has 0 unspecified atom stereocenters. The molecule has 0 radical (unpaired) electrons. The summed E-state index contributed by atoms with van der Waals surface area (Å²) < 4.78 is 4.94. The van der Waals surface area contributed by atoms with Gasteiger partial charge in [-0.15, -0.1) is 11.3 Å². The maximum Gasteiger partial charge on any atom is 0.278 e. The summed E-state index contributed by atoms with van der Waals surface area (Å²) >= 11 is 1.39. The maximum atomic E-state index is 12.3. The number of nitriles is 1. The highest BCUT2D eigenvalue weighted by molar-refractivity contribution is 7.17. The van der Waals surface area contributed by atoms with E-state index in [9.17, 15) is 10.1 Å². The van der Waals surface area contributed by atoms with Gasteiger partial charge >= 0.3 is 0 Å². The Labute approximate surface area is 156 Å². The van der Waals surface area contributed by atoms with Gasteiger partial charge in [0.05, 0.1) is 5.56 Å². The van der Waals surface area contributed by atoms with E-state index in [-0.39, 0.29) is 11.6 Å². The Morgan fingerprint density at radius 3 is 2.50 bits per heavy atom. The van der Waals surface area contributed by atoms with Crippen molar-refractivity contribution in [2.75, 3.05) is 5.32 Å². The summed E-state index contributed by atoms with van der Waals surface area (Å²) in [6, 6.07) is 12.0. The Morgan fingerprint density at radius 1 is 1.27 bits per heavy atom. The largest absolute Gasteiger partial charge is 0.361 e. The van der Waals surface area contributed by atoms with E-state index in [2.05, 4.69) is 42.5 Å². The van der Waals surface area contributed by atoms with Gasteiger partial charge in [-0.1, -0.05) is 43.3 Å². The molecule has 3 rings (SSSR count). The lowest BCUT2D eigenvalue weighted by Crippen LogP contribution is -2.12. The second kappa shape index (κ2) is 7.14. The highest BCUT2D eigenvalue weighted by Gasteiger charge is 2.20. The molecule has 0 aliphatic carbocycles. The fraction of sp³-hybridized carbons (Fsp3) is 0.250. The number of aryl methyl sites for hydroxylation is 2. The number of nitrogens with zero attached hydrogens (tertiary/aromatic N) is 2. The van der Waals surface area contributed by atoms with Crippen molar-refractivity contribution < 1.29 is 9.32 Å². The number of hydrogen-bond acceptors (Lipinski definition) is 5. The normalized spacial score (nSPS) is 10.8. The molecule has 0 saturated carbocycles. The van der Waals surface area contributed by atoms with Crippen LogP contribution in [0.2, 0.25) is 0 Å². The fourth-order valence-corrected chi connectivity index (χ4v) is 3.78. The van der Waals surface area contributed by atoms with Crippen LogP contribution in [0.4, 0.5) is 5.00 Å². The number of amides is 1. The Morgan fingerprint density at radius 2 is 1.96 bits per heavy atom. The summed E-state index contributed by atoms with van der Waals surface area (Å²) in [4.78, 5) is 13.3. The molecule has 0 atom stereocenters. The molecule has 1 amide bonds. The maximum absolute atomic E-state index is 12.3. The van der Waals surface area contributed by atoms with Gasteiger partial charge in [0.2, 0.25) is 0 Å². The van der Waals surface area contributed by atoms with Gasteiger partial charge in [-0.05, 0) is 30.9 Å². The van der Waals surface area contributed by atoms with Gasteiger partial charge < -0.3 is 9.84 Å². The smallest absolute Gasteiger partial charge is 0.278 e. The van der Waals surface area contributed by atoms with Gasteiger partial charge in [0.1, 0.15) is 16.8 Å². The molecule has 132 valence electrons. The number of aromatic nitrogens is 1. The van der Waals surface area contributed by atoms with E-state index in [0.717, 1.165) is 16.0 Å². The molecular weight excluding hydrogens is 346 g/mol. The third-order valence-electron chi connectivity index (χ3n) is 4.15. The van der Waals surface area contributed by atoms with Gasteiger partial charge in [0.25, 0.3) is 5.91 Å². The van der Waals surface area contributed by atoms with E-state index in [4.69, 9.17) is 4.52 Å². The van der Waals surface area contributed by atoms with E-state index in [1.807, 2.05) is 19.1 Å². The highest BCUT2D eigenvalue weighted by atomic mass is 32.1. The first-order chi connectivity index (χ1) is 12.4. The fourth-order valence-electron chi connectivity index (χ4n) is 2.76. The lowest BCUT2D eigenvalue weighted by molar-refractivity contribution is 0.101. The van der Waals surface area contributed by atoms with E-state index in [1.54, 1.807) is 13.0 Å². The first-order valence-electron chi connectivity index (χ1n) is 8.29. The second-order valence-corrected chi connectivity index (χ2v) is 7.63. The van der Waals surface area contributed by atoms with Crippen molar-refractivity contribution in [2.24, 2.45) is 0 Å². The molecule has 0 saturated heterocycles. The summed E-state index contributed by atoms with van der Waals surface area (Å²) in [6.07, 6.45) is 0. The zero-order valence-electron chi connectivity index (χ0n) is 15.1. The van der Waals surface area contributed by atoms with Crippen LogP contribution in [0.15, 0.2) is 34.9 Å². The van der Waals surface area contributed by atoms with Crippen LogP contribution in [0.1, 0.15) is 52.0 Å². The monoisotopic (exact) mass is 365 g/mol. The first-order valence-corrected chi connectivity index (χ1v) is 9.10. The van der Waals surface area contributed by atoms with E-state index < -0.39 is 0 Å². The lowest BCUT2D eigenvalue weighted by Gasteiger charge is -2.07. The number of carbonyl (C=O) groups excluding carboxylic acids is 1. The van der Waals surface area contributed by atoms with Crippen molar-refractivity contribution in [1.82, 2.24) is 5.16 Å². The number of thiophene rings is 1. The van der Waals surface area contributed by atoms with Gasteiger partial charge in [-0.3, -0.25) is 4.79 Å². The minimum Gasteiger partial charge on any atom is -0.361 e. The molecule has 6 heteroatoms. The van der Waals surface area contributed by atoms with Crippen molar-refractivity contribution >= 4 is 22.2 Å². The van der Waals surface area contributed by atoms with Crippen LogP contribution in [-0.4, -0.2) is 11.1 Å². The standard InChI is InChI=1S/C20H19N3O2S/c1-11(2)14-5-7-15(8-6-14)18-13(4)26-20(16(18)10-21)22-19(24)17-9-12(3)25-23-17/h5-9,11H,1-4H3,(H,22,24). The van der Waals surface area contributed by atoms with Crippen molar-refractivity contribution in [1.29, 1.82) is 5.26 Å². The molecule has 1 N–H and O–H groups in total. The van der Waals surface area contributed by atoms with Crippen LogP contribution in [0.5, 0.6) is 0 Å². The first kappa shape index (κ1) is 17.9. The topological polar surface area (TPSA) is 78.9 Å². The molecule has 0 fully saturated rings. The average molecular weight is 365 g/mol. The quantitative estimate of drug-likeness (QED) is 0.683. The van der Waals surface area contributed by atoms with Gasteiger partial charge in [0.15, 0.2) is 5.69 Å². The number of anilines is 1. The summed E-state index contributed by atoms with van der Waals surface area (Å²) in [5, 5.41) is 16.7. The summed E-state index contributed by atoms with van der Waals surface area (Å²) in [5.41, 5.74) is 3.74. The minimum atomic E-state index is -0.388. The molecule has 1 aromatic carbocycles. The molecule has 0 aliphatic rings. The molecule has 2 heterocycles. The molecule has 5 nitrogen and oxygen atoms in total. The molecule has 2 aromatic heterocycles. The van der Waals surface area contributed by atoms with Crippen molar-refractivity contribution in [3.63, 3.8) is 0 Å². The SMILES string of the molecule is Cc1cc(C(=O)Nc2sc(C)c(-c3ccc(C(C)C)cc3)c2C#N)no1. The van der Waals surface area contributed by atoms with Crippen molar-refractivity contribution in [2.45, 2.75) is 33.6 Å². The van der Waals surface area contributed by atoms with Crippen LogP contribution >= 0.6 is 11.3 Å². The molecule has 3 aromatic rings. The highest BCUT2D eigenvalue weighted by Crippen LogP contribution is 2.39. The molecule has 0 aliphatic heterocycles. The van der Waals surface area contributed by atoms with Gasteiger partial charge in [0, 0.05) is 16.5 Å². The minimum absolute atomic E-state index is 0.195. The predicted octanol–water partition coefficient (Wildman–Crippen LogP) is 5.27. The van der Waals surface area contributed by atoms with Gasteiger partial charge in [-0.2, -0.15) is 5.26 Å². The van der Waals surface area contributed by atoms with E-state index in [1.165, 1.54) is 16.9 Å². The Balaban J connectivity index is 1.96. The summed E-state index contributed by atoms with van der Waals surface area (Å²) in [7, 11) is 0. The molecular formula is C20H19N3O2S. The number of benzene rings is 1. The van der Waals surface area contributed by atoms with E-state index in [0.29, 0.717) is 22.2 Å².